The van der Waals surface area contributed by atoms with Gasteiger partial charge in [0.25, 0.3) is 0 Å². The maximum absolute atomic E-state index is 6.32. The topological polar surface area (TPSA) is 30.5 Å². The van der Waals surface area contributed by atoms with E-state index >= 15 is 0 Å². The van der Waals surface area contributed by atoms with Crippen LogP contribution in [0.5, 0.6) is 11.5 Å². The highest BCUT2D eigenvalue weighted by Gasteiger charge is 2.44. The molecule has 3 aromatic carbocycles. The number of hydrogen-bond acceptors (Lipinski definition) is 3. The molecule has 2 heterocycles. The number of nitrogens with one attached hydrogen (secondary N) is 1. The van der Waals surface area contributed by atoms with Crippen molar-refractivity contribution in [1.82, 2.24) is 0 Å². The Morgan fingerprint density at radius 2 is 1.88 bits per heavy atom. The van der Waals surface area contributed by atoms with Gasteiger partial charge in [-0.2, -0.15) is 0 Å². The molecule has 1 unspecified atom stereocenters. The van der Waals surface area contributed by atoms with Crippen molar-refractivity contribution in [2.24, 2.45) is 0 Å². The smallest absolute Gasteiger partial charge is 0.189 e. The number of para-hydroxylation sites is 1. The molecular weight excluding hydrogens is 366 g/mol. The number of fused-ring (bicyclic) bond motifs is 4. The Labute approximate surface area is 148 Å². The summed E-state index contributed by atoms with van der Waals surface area (Å²) in [4.78, 5) is 0. The van der Waals surface area contributed by atoms with Crippen molar-refractivity contribution in [2.45, 2.75) is 18.6 Å². The molecule has 0 bridgehead atoms. The van der Waals surface area contributed by atoms with Gasteiger partial charge in [-0.05, 0) is 29.1 Å². The molecular formula is C20H16BrNO2. The summed E-state index contributed by atoms with van der Waals surface area (Å²) in [6, 6.07) is 16.7. The molecule has 5 rings (SSSR count). The fourth-order valence-corrected chi connectivity index (χ4v) is 4.45. The molecule has 0 radical (unpaired) electrons. The van der Waals surface area contributed by atoms with Gasteiger partial charge in [0.05, 0.1) is 7.11 Å². The van der Waals surface area contributed by atoms with E-state index in [1.54, 1.807) is 7.11 Å². The summed E-state index contributed by atoms with van der Waals surface area (Å²) in [6.45, 7) is 0. The third-order valence-electron chi connectivity index (χ3n) is 4.96. The molecule has 120 valence electrons. The third-order valence-corrected chi connectivity index (χ3v) is 5.62. The molecule has 0 saturated heterocycles. The normalized spacial score (nSPS) is 20.6. The SMILES string of the molecule is COc1cc(Br)c2ccc3c(c2c1)NC1(Cc2ccccc2O1)C3. The van der Waals surface area contributed by atoms with Crippen molar-refractivity contribution < 1.29 is 9.47 Å². The predicted octanol–water partition coefficient (Wildman–Crippen LogP) is 4.91. The van der Waals surface area contributed by atoms with E-state index in [1.807, 2.05) is 18.2 Å². The van der Waals surface area contributed by atoms with Crippen molar-refractivity contribution in [3.63, 3.8) is 0 Å². The summed E-state index contributed by atoms with van der Waals surface area (Å²) < 4.78 is 12.8. The van der Waals surface area contributed by atoms with Crippen LogP contribution in [-0.4, -0.2) is 12.8 Å². The molecule has 0 aromatic heterocycles. The largest absolute Gasteiger partial charge is 0.497 e. The number of halogens is 1. The molecule has 1 atom stereocenters. The standard InChI is InChI=1S/C20H16BrNO2/c1-23-14-8-16-15(17(21)9-14)7-6-13-11-20(22-19(13)16)10-12-4-2-3-5-18(12)24-20/h2-9,22H,10-11H2,1H3. The van der Waals surface area contributed by atoms with Gasteiger partial charge in [-0.3, -0.25) is 0 Å². The van der Waals surface area contributed by atoms with Crippen LogP contribution in [0, 0.1) is 0 Å². The molecule has 3 aromatic rings. The van der Waals surface area contributed by atoms with E-state index in [0.29, 0.717) is 0 Å². The Kier molecular flexibility index (Phi) is 2.89. The van der Waals surface area contributed by atoms with E-state index in [-0.39, 0.29) is 5.72 Å². The molecule has 2 aliphatic heterocycles. The first-order valence-electron chi connectivity index (χ1n) is 8.02. The fraction of sp³-hybridized carbons (Fsp3) is 0.200. The zero-order valence-electron chi connectivity index (χ0n) is 13.2. The first-order chi connectivity index (χ1) is 11.7. The summed E-state index contributed by atoms with van der Waals surface area (Å²) in [5.74, 6) is 1.84. The lowest BCUT2D eigenvalue weighted by molar-refractivity contribution is 0.135. The Morgan fingerprint density at radius 3 is 2.71 bits per heavy atom. The summed E-state index contributed by atoms with van der Waals surface area (Å²) in [6.07, 6.45) is 1.74. The van der Waals surface area contributed by atoms with Crippen LogP contribution in [0.3, 0.4) is 0 Å². The van der Waals surface area contributed by atoms with Crippen LogP contribution in [0.4, 0.5) is 5.69 Å². The van der Waals surface area contributed by atoms with Crippen molar-refractivity contribution in [1.29, 1.82) is 0 Å². The van der Waals surface area contributed by atoms with Gasteiger partial charge in [0.2, 0.25) is 0 Å². The average molecular weight is 382 g/mol. The fourth-order valence-electron chi connectivity index (χ4n) is 3.87. The van der Waals surface area contributed by atoms with E-state index in [0.717, 1.165) is 39.9 Å². The summed E-state index contributed by atoms with van der Waals surface area (Å²) in [7, 11) is 1.70. The van der Waals surface area contributed by atoms with Crippen molar-refractivity contribution in [3.05, 3.63) is 64.1 Å². The van der Waals surface area contributed by atoms with Crippen LogP contribution >= 0.6 is 15.9 Å². The number of rotatable bonds is 1. The van der Waals surface area contributed by atoms with Gasteiger partial charge >= 0.3 is 0 Å². The summed E-state index contributed by atoms with van der Waals surface area (Å²) in [5.41, 5.74) is 3.34. The Morgan fingerprint density at radius 1 is 1.04 bits per heavy atom. The minimum absolute atomic E-state index is 0.365. The number of anilines is 1. The summed E-state index contributed by atoms with van der Waals surface area (Å²) >= 11 is 3.66. The molecule has 3 nitrogen and oxygen atoms in total. The second-order valence-corrected chi connectivity index (χ2v) is 7.34. The molecule has 0 fully saturated rings. The Balaban J connectivity index is 1.63. The van der Waals surface area contributed by atoms with Gasteiger partial charge in [-0.25, -0.2) is 0 Å². The van der Waals surface area contributed by atoms with Crippen molar-refractivity contribution in [2.75, 3.05) is 12.4 Å². The van der Waals surface area contributed by atoms with Gasteiger partial charge in [-0.1, -0.05) is 46.3 Å². The van der Waals surface area contributed by atoms with Crippen LogP contribution in [0.2, 0.25) is 0 Å². The monoisotopic (exact) mass is 381 g/mol. The molecule has 0 aliphatic carbocycles. The average Bonchev–Trinajstić information content (AvgIpc) is 3.13. The Bertz CT molecular complexity index is 958. The highest BCUT2D eigenvalue weighted by Crippen LogP contribution is 2.46. The summed E-state index contributed by atoms with van der Waals surface area (Å²) in [5, 5.41) is 6.02. The van der Waals surface area contributed by atoms with Crippen LogP contribution in [0.1, 0.15) is 11.1 Å². The number of ether oxygens (including phenoxy) is 2. The minimum Gasteiger partial charge on any atom is -0.497 e. The first-order valence-corrected chi connectivity index (χ1v) is 8.81. The lowest BCUT2D eigenvalue weighted by Crippen LogP contribution is -2.41. The van der Waals surface area contributed by atoms with Crippen molar-refractivity contribution in [3.8, 4) is 11.5 Å². The van der Waals surface area contributed by atoms with Gasteiger partial charge in [0, 0.05) is 34.0 Å². The second kappa shape index (κ2) is 4.90. The zero-order valence-corrected chi connectivity index (χ0v) is 14.8. The first kappa shape index (κ1) is 14.2. The lowest BCUT2D eigenvalue weighted by Gasteiger charge is -2.24. The number of benzene rings is 3. The van der Waals surface area contributed by atoms with Gasteiger partial charge < -0.3 is 14.8 Å². The van der Waals surface area contributed by atoms with Gasteiger partial charge in [-0.15, -0.1) is 0 Å². The zero-order chi connectivity index (χ0) is 16.3. The van der Waals surface area contributed by atoms with Crippen LogP contribution in [-0.2, 0) is 12.8 Å². The van der Waals surface area contributed by atoms with E-state index in [9.17, 15) is 0 Å². The third kappa shape index (κ3) is 1.96. The molecule has 0 saturated carbocycles. The number of hydrogen-bond donors (Lipinski definition) is 1. The molecule has 1 spiro atoms. The lowest BCUT2D eigenvalue weighted by atomic mass is 10.00. The number of methoxy groups -OCH3 is 1. The van der Waals surface area contributed by atoms with Gasteiger partial charge in [0.1, 0.15) is 11.5 Å². The van der Waals surface area contributed by atoms with E-state index < -0.39 is 0 Å². The molecule has 2 aliphatic rings. The Hall–Kier alpha value is -2.20. The predicted molar refractivity (Wildman–Crippen MR) is 99.0 cm³/mol. The van der Waals surface area contributed by atoms with Crippen LogP contribution in [0.15, 0.2) is 53.0 Å². The van der Waals surface area contributed by atoms with E-state index in [4.69, 9.17) is 9.47 Å². The highest BCUT2D eigenvalue weighted by molar-refractivity contribution is 9.10. The minimum atomic E-state index is -0.365. The maximum atomic E-state index is 6.32. The molecule has 24 heavy (non-hydrogen) atoms. The highest BCUT2D eigenvalue weighted by atomic mass is 79.9. The van der Waals surface area contributed by atoms with E-state index in [2.05, 4.69) is 51.6 Å². The van der Waals surface area contributed by atoms with E-state index in [1.165, 1.54) is 16.5 Å². The molecule has 1 N–H and O–H groups in total. The van der Waals surface area contributed by atoms with Gasteiger partial charge in [0.15, 0.2) is 5.72 Å². The van der Waals surface area contributed by atoms with Crippen molar-refractivity contribution >= 4 is 32.4 Å². The van der Waals surface area contributed by atoms with Crippen LogP contribution in [0.25, 0.3) is 10.8 Å². The maximum Gasteiger partial charge on any atom is 0.189 e. The molecule has 0 amide bonds. The van der Waals surface area contributed by atoms with Crippen LogP contribution < -0.4 is 14.8 Å². The molecule has 4 heteroatoms. The quantitative estimate of drug-likeness (QED) is 0.649. The second-order valence-electron chi connectivity index (χ2n) is 6.49.